The molecule has 0 saturated heterocycles. The van der Waals surface area contributed by atoms with Crippen molar-refractivity contribution in [2.75, 3.05) is 5.32 Å². The van der Waals surface area contributed by atoms with Crippen molar-refractivity contribution in [2.24, 2.45) is 0 Å². The number of aromatic hydroxyl groups is 1. The fourth-order valence-electron chi connectivity index (χ4n) is 2.52. The van der Waals surface area contributed by atoms with Gasteiger partial charge in [-0.1, -0.05) is 41.4 Å². The quantitative estimate of drug-likeness (QED) is 0.288. The number of phenolic OH excluding ortho intramolecular Hbond substituents is 1. The Balaban J connectivity index is 1.69. The number of phenols is 1. The Kier molecular flexibility index (Phi) is 6.97. The molecule has 2 N–H and O–H groups in total. The van der Waals surface area contributed by atoms with Crippen LogP contribution >= 0.6 is 23.2 Å². The van der Waals surface area contributed by atoms with Crippen LogP contribution in [0, 0.1) is 11.3 Å². The third-order valence-electron chi connectivity index (χ3n) is 4.06. The number of carbonyl (C=O) groups is 1. The van der Waals surface area contributed by atoms with Crippen molar-refractivity contribution in [1.82, 2.24) is 0 Å². The van der Waals surface area contributed by atoms with Crippen molar-refractivity contribution in [3.8, 4) is 17.6 Å². The van der Waals surface area contributed by atoms with E-state index in [4.69, 9.17) is 27.9 Å². The smallest absolute Gasteiger partial charge is 0.266 e. The van der Waals surface area contributed by atoms with Gasteiger partial charge in [0, 0.05) is 10.7 Å². The Morgan fingerprint density at radius 3 is 2.40 bits per heavy atom. The van der Waals surface area contributed by atoms with Gasteiger partial charge in [-0.25, -0.2) is 0 Å². The van der Waals surface area contributed by atoms with Crippen LogP contribution in [0.1, 0.15) is 11.1 Å². The Morgan fingerprint density at radius 2 is 1.77 bits per heavy atom. The fourth-order valence-corrected chi connectivity index (χ4v) is 2.89. The third kappa shape index (κ3) is 5.77. The minimum absolute atomic E-state index is 0.0806. The van der Waals surface area contributed by atoms with Crippen LogP contribution in [0.4, 0.5) is 5.69 Å². The van der Waals surface area contributed by atoms with E-state index < -0.39 is 5.91 Å². The van der Waals surface area contributed by atoms with Crippen molar-refractivity contribution in [3.05, 3.63) is 93.5 Å². The summed E-state index contributed by atoms with van der Waals surface area (Å²) in [6.45, 7) is 0.324. The van der Waals surface area contributed by atoms with Gasteiger partial charge in [-0.3, -0.25) is 4.79 Å². The van der Waals surface area contributed by atoms with E-state index >= 15 is 0 Å². The van der Waals surface area contributed by atoms with E-state index in [1.54, 1.807) is 30.3 Å². The van der Waals surface area contributed by atoms with Crippen LogP contribution in [0.25, 0.3) is 6.08 Å². The first-order valence-corrected chi connectivity index (χ1v) is 9.59. The highest BCUT2D eigenvalue weighted by atomic mass is 35.5. The zero-order valence-corrected chi connectivity index (χ0v) is 17.1. The number of anilines is 1. The largest absolute Gasteiger partial charge is 0.508 e. The van der Waals surface area contributed by atoms with Crippen molar-refractivity contribution >= 4 is 40.9 Å². The van der Waals surface area contributed by atoms with Gasteiger partial charge in [0.25, 0.3) is 5.91 Å². The number of nitrogens with one attached hydrogen (secondary N) is 1. The molecule has 0 aliphatic carbocycles. The molecule has 150 valence electrons. The maximum atomic E-state index is 12.3. The lowest BCUT2D eigenvalue weighted by molar-refractivity contribution is -0.112. The Hall–Kier alpha value is -3.46. The number of ether oxygens (including phenoxy) is 1. The van der Waals surface area contributed by atoms with Gasteiger partial charge in [-0.2, -0.15) is 5.26 Å². The molecule has 3 aromatic rings. The van der Waals surface area contributed by atoms with Crippen LogP contribution in [0.15, 0.2) is 72.3 Å². The summed E-state index contributed by atoms with van der Waals surface area (Å²) in [7, 11) is 0. The fraction of sp³-hybridized carbons (Fsp3) is 0.0435. The summed E-state index contributed by atoms with van der Waals surface area (Å²) in [6.07, 6.45) is 1.44. The zero-order valence-electron chi connectivity index (χ0n) is 15.6. The van der Waals surface area contributed by atoms with Crippen molar-refractivity contribution in [3.63, 3.8) is 0 Å². The SMILES string of the molecule is N#C/C(=C\c1ccc(OCc2ccc(Cl)cc2)c(Cl)c1)C(=O)Nc1ccc(O)cc1. The van der Waals surface area contributed by atoms with E-state index in [-0.39, 0.29) is 11.3 Å². The van der Waals surface area contributed by atoms with Gasteiger partial charge in [0.15, 0.2) is 0 Å². The normalized spacial score (nSPS) is 10.9. The first kappa shape index (κ1) is 21.3. The topological polar surface area (TPSA) is 82.3 Å². The average molecular weight is 439 g/mol. The number of hydrogen-bond acceptors (Lipinski definition) is 4. The van der Waals surface area contributed by atoms with Crippen LogP contribution in [-0.2, 0) is 11.4 Å². The Labute approximate surface area is 183 Å². The van der Waals surface area contributed by atoms with Crippen LogP contribution < -0.4 is 10.1 Å². The molecule has 0 heterocycles. The summed E-state index contributed by atoms with van der Waals surface area (Å²) in [5.41, 5.74) is 1.89. The molecule has 0 fully saturated rings. The number of carbonyl (C=O) groups excluding carboxylic acids is 1. The van der Waals surface area contributed by atoms with Gasteiger partial charge in [0.05, 0.1) is 5.02 Å². The number of nitrogens with zero attached hydrogens (tertiary/aromatic N) is 1. The van der Waals surface area contributed by atoms with Crippen molar-refractivity contribution in [2.45, 2.75) is 6.61 Å². The lowest BCUT2D eigenvalue weighted by Crippen LogP contribution is -2.13. The van der Waals surface area contributed by atoms with E-state index in [1.165, 1.54) is 30.3 Å². The molecule has 0 atom stereocenters. The lowest BCUT2D eigenvalue weighted by atomic mass is 10.1. The minimum atomic E-state index is -0.567. The summed E-state index contributed by atoms with van der Waals surface area (Å²) in [4.78, 5) is 12.3. The lowest BCUT2D eigenvalue weighted by Gasteiger charge is -2.09. The summed E-state index contributed by atoms with van der Waals surface area (Å²) < 4.78 is 5.72. The second kappa shape index (κ2) is 9.84. The molecular weight excluding hydrogens is 423 g/mol. The molecule has 7 heteroatoms. The summed E-state index contributed by atoms with van der Waals surface area (Å²) in [5, 5.41) is 22.3. The molecule has 0 bridgehead atoms. The van der Waals surface area contributed by atoms with Gasteiger partial charge >= 0.3 is 0 Å². The molecule has 0 aliphatic rings. The van der Waals surface area contributed by atoms with Crippen LogP contribution in [-0.4, -0.2) is 11.0 Å². The Bertz CT molecular complexity index is 1120. The van der Waals surface area contributed by atoms with Gasteiger partial charge in [0.2, 0.25) is 0 Å². The standard InChI is InChI=1S/C23H16Cl2N2O3/c24-18-4-1-15(2-5-18)14-30-22-10-3-16(12-21(22)25)11-17(13-26)23(29)27-19-6-8-20(28)9-7-19/h1-12,28H,14H2,(H,27,29)/b17-11+. The number of hydrogen-bond donors (Lipinski definition) is 2. The molecule has 0 saturated carbocycles. The number of amides is 1. The minimum Gasteiger partial charge on any atom is -0.508 e. The molecule has 0 aromatic heterocycles. The molecule has 3 rings (SSSR count). The average Bonchev–Trinajstić information content (AvgIpc) is 2.74. The summed E-state index contributed by atoms with van der Waals surface area (Å²) in [6, 6.07) is 20.1. The predicted molar refractivity (Wildman–Crippen MR) is 118 cm³/mol. The van der Waals surface area contributed by atoms with Crippen LogP contribution in [0.5, 0.6) is 11.5 Å². The van der Waals surface area contributed by atoms with Gasteiger partial charge < -0.3 is 15.2 Å². The summed E-state index contributed by atoms with van der Waals surface area (Å²) >= 11 is 12.2. The van der Waals surface area contributed by atoms with E-state index in [9.17, 15) is 15.2 Å². The van der Waals surface area contributed by atoms with E-state index in [0.717, 1.165) is 5.56 Å². The zero-order chi connectivity index (χ0) is 21.5. The van der Waals surface area contributed by atoms with Gasteiger partial charge in [0.1, 0.15) is 29.7 Å². The Morgan fingerprint density at radius 1 is 1.07 bits per heavy atom. The predicted octanol–water partition coefficient (Wildman–Crippen LogP) is 5.82. The monoisotopic (exact) mass is 438 g/mol. The molecule has 30 heavy (non-hydrogen) atoms. The van der Waals surface area contributed by atoms with Gasteiger partial charge in [-0.15, -0.1) is 0 Å². The maximum absolute atomic E-state index is 12.3. The van der Waals surface area contributed by atoms with E-state index in [1.807, 2.05) is 18.2 Å². The second-order valence-corrected chi connectivity index (χ2v) is 7.12. The van der Waals surface area contributed by atoms with Crippen molar-refractivity contribution < 1.29 is 14.6 Å². The number of rotatable bonds is 6. The summed E-state index contributed by atoms with van der Waals surface area (Å²) in [5.74, 6) is -0.00439. The second-order valence-electron chi connectivity index (χ2n) is 6.28. The number of halogens is 2. The first-order chi connectivity index (χ1) is 14.4. The highest BCUT2D eigenvalue weighted by Gasteiger charge is 2.11. The molecule has 1 amide bonds. The molecule has 0 unspecified atom stereocenters. The molecule has 3 aromatic carbocycles. The molecule has 0 spiro atoms. The van der Waals surface area contributed by atoms with Gasteiger partial charge in [-0.05, 0) is 65.7 Å². The third-order valence-corrected chi connectivity index (χ3v) is 4.61. The molecular formula is C23H16Cl2N2O3. The highest BCUT2D eigenvalue weighted by molar-refractivity contribution is 6.32. The highest BCUT2D eigenvalue weighted by Crippen LogP contribution is 2.27. The van der Waals surface area contributed by atoms with Crippen molar-refractivity contribution in [1.29, 1.82) is 5.26 Å². The van der Waals surface area contributed by atoms with E-state index in [2.05, 4.69) is 5.32 Å². The van der Waals surface area contributed by atoms with Crippen LogP contribution in [0.3, 0.4) is 0 Å². The molecule has 0 aliphatic heterocycles. The first-order valence-electron chi connectivity index (χ1n) is 8.83. The molecule has 5 nitrogen and oxygen atoms in total. The number of benzene rings is 3. The van der Waals surface area contributed by atoms with Crippen LogP contribution in [0.2, 0.25) is 10.0 Å². The maximum Gasteiger partial charge on any atom is 0.266 e. The molecule has 0 radical (unpaired) electrons. The number of nitriles is 1. The van der Waals surface area contributed by atoms with E-state index in [0.29, 0.717) is 33.7 Å².